The van der Waals surface area contributed by atoms with E-state index in [1.54, 1.807) is 0 Å². The lowest BCUT2D eigenvalue weighted by Crippen LogP contribution is -2.15. The van der Waals surface area contributed by atoms with Crippen molar-refractivity contribution in [2.75, 3.05) is 0 Å². The largest absolute Gasteiger partial charge is 0.456 e. The van der Waals surface area contributed by atoms with E-state index in [1.165, 1.54) is 49.4 Å². The summed E-state index contributed by atoms with van der Waals surface area (Å²) in [7, 11) is 0. The highest BCUT2D eigenvalue weighted by molar-refractivity contribution is 6.16. The van der Waals surface area contributed by atoms with Gasteiger partial charge in [-0.1, -0.05) is 172 Å². The highest BCUT2D eigenvalue weighted by Crippen LogP contribution is 2.49. The van der Waals surface area contributed by atoms with Gasteiger partial charge in [0, 0.05) is 32.9 Å². The Morgan fingerprint density at radius 3 is 1.77 bits per heavy atom. The van der Waals surface area contributed by atoms with Crippen LogP contribution in [0, 0.1) is 0 Å². The van der Waals surface area contributed by atoms with E-state index < -0.39 is 0 Å². The Bertz CT molecular complexity index is 3510. The van der Waals surface area contributed by atoms with Gasteiger partial charge in [-0.25, -0.2) is 15.0 Å². The van der Waals surface area contributed by atoms with Crippen molar-refractivity contribution in [2.45, 2.75) is 19.3 Å². The van der Waals surface area contributed by atoms with Crippen molar-refractivity contribution in [1.82, 2.24) is 15.0 Å². The van der Waals surface area contributed by atoms with E-state index in [1.807, 2.05) is 18.2 Å². The van der Waals surface area contributed by atoms with Crippen LogP contribution in [0.5, 0.6) is 0 Å². The molecule has 9 aromatic carbocycles. The number of benzene rings is 9. The summed E-state index contributed by atoms with van der Waals surface area (Å²) < 4.78 is 6.50. The van der Waals surface area contributed by atoms with E-state index in [4.69, 9.17) is 19.4 Å². The van der Waals surface area contributed by atoms with Crippen molar-refractivity contribution in [2.24, 2.45) is 0 Å². The Kier molecular flexibility index (Phi) is 7.54. The molecule has 1 aliphatic carbocycles. The molecule has 0 saturated carbocycles. The van der Waals surface area contributed by atoms with Gasteiger partial charge in [0.25, 0.3) is 0 Å². The number of furan rings is 1. The number of fused-ring (bicyclic) bond motifs is 9. The lowest BCUT2D eigenvalue weighted by atomic mass is 9.82. The minimum Gasteiger partial charge on any atom is -0.456 e. The highest BCUT2D eigenvalue weighted by atomic mass is 16.3. The van der Waals surface area contributed by atoms with Gasteiger partial charge in [-0.3, -0.25) is 0 Å². The minimum absolute atomic E-state index is 0.133. The van der Waals surface area contributed by atoms with E-state index in [0.29, 0.717) is 17.5 Å². The average molecular weight is 768 g/mol. The Labute approximate surface area is 347 Å². The van der Waals surface area contributed by atoms with Gasteiger partial charge in [-0.15, -0.1) is 0 Å². The van der Waals surface area contributed by atoms with Crippen molar-refractivity contribution in [3.05, 3.63) is 199 Å². The molecule has 0 spiro atoms. The molecule has 4 nitrogen and oxygen atoms in total. The molecule has 0 saturated heterocycles. The predicted molar refractivity (Wildman–Crippen MR) is 247 cm³/mol. The molecule has 4 heteroatoms. The molecule has 0 fully saturated rings. The number of hydrogen-bond donors (Lipinski definition) is 0. The van der Waals surface area contributed by atoms with Crippen LogP contribution in [0.2, 0.25) is 0 Å². The molecule has 0 unspecified atom stereocenters. The fourth-order valence-corrected chi connectivity index (χ4v) is 9.52. The van der Waals surface area contributed by atoms with Gasteiger partial charge in [0.2, 0.25) is 0 Å². The van der Waals surface area contributed by atoms with Gasteiger partial charge in [-0.05, 0) is 96.4 Å². The van der Waals surface area contributed by atoms with Crippen molar-refractivity contribution in [1.29, 1.82) is 0 Å². The molecular formula is C56H37N3O. The first-order chi connectivity index (χ1) is 29.5. The fraction of sp³-hybridized carbons (Fsp3) is 0.0536. The van der Waals surface area contributed by atoms with Crippen LogP contribution in [-0.2, 0) is 5.41 Å². The van der Waals surface area contributed by atoms with Crippen LogP contribution in [0.25, 0.3) is 111 Å². The van der Waals surface area contributed by atoms with Gasteiger partial charge >= 0.3 is 0 Å². The van der Waals surface area contributed by atoms with Gasteiger partial charge in [0.15, 0.2) is 17.5 Å². The zero-order valence-electron chi connectivity index (χ0n) is 33.1. The number of nitrogens with zero attached hydrogens (tertiary/aromatic N) is 3. The summed E-state index contributed by atoms with van der Waals surface area (Å²) in [6.45, 7) is 4.60. The third-order valence-corrected chi connectivity index (χ3v) is 12.5. The molecule has 60 heavy (non-hydrogen) atoms. The third kappa shape index (κ3) is 5.34. The molecule has 0 aliphatic heterocycles. The first kappa shape index (κ1) is 34.4. The summed E-state index contributed by atoms with van der Waals surface area (Å²) >= 11 is 0. The van der Waals surface area contributed by atoms with Crippen LogP contribution >= 0.6 is 0 Å². The first-order valence-corrected chi connectivity index (χ1v) is 20.5. The van der Waals surface area contributed by atoms with Crippen molar-refractivity contribution < 1.29 is 4.42 Å². The van der Waals surface area contributed by atoms with Crippen LogP contribution < -0.4 is 0 Å². The van der Waals surface area contributed by atoms with Crippen molar-refractivity contribution in [3.8, 4) is 67.5 Å². The summed E-state index contributed by atoms with van der Waals surface area (Å²) in [6.07, 6.45) is 0. The maximum absolute atomic E-state index is 6.50. The number of aromatic nitrogens is 3. The Hall–Kier alpha value is -7.69. The van der Waals surface area contributed by atoms with E-state index in [-0.39, 0.29) is 5.41 Å². The van der Waals surface area contributed by atoms with Crippen LogP contribution in [0.1, 0.15) is 25.0 Å². The molecule has 2 heterocycles. The molecule has 282 valence electrons. The van der Waals surface area contributed by atoms with E-state index in [2.05, 4.69) is 184 Å². The molecule has 0 N–H and O–H groups in total. The second-order valence-corrected chi connectivity index (χ2v) is 16.4. The Morgan fingerprint density at radius 1 is 0.350 bits per heavy atom. The molecule has 11 aromatic rings. The summed E-state index contributed by atoms with van der Waals surface area (Å²) in [5.41, 5.74) is 14.2. The van der Waals surface area contributed by atoms with Gasteiger partial charge < -0.3 is 4.42 Å². The average Bonchev–Trinajstić information content (AvgIpc) is 3.80. The number of hydrogen-bond acceptors (Lipinski definition) is 4. The quantitative estimate of drug-likeness (QED) is 0.164. The van der Waals surface area contributed by atoms with Crippen LogP contribution in [0.15, 0.2) is 192 Å². The predicted octanol–water partition coefficient (Wildman–Crippen LogP) is 14.7. The number of rotatable bonds is 5. The lowest BCUT2D eigenvalue weighted by molar-refractivity contribution is 0.660. The smallest absolute Gasteiger partial charge is 0.164 e. The summed E-state index contributed by atoms with van der Waals surface area (Å²) in [5, 5.41) is 7.18. The topological polar surface area (TPSA) is 51.8 Å². The Balaban J connectivity index is 0.960. The monoisotopic (exact) mass is 767 g/mol. The molecule has 0 radical (unpaired) electrons. The van der Waals surface area contributed by atoms with Crippen molar-refractivity contribution >= 4 is 43.5 Å². The second kappa shape index (κ2) is 13.2. The van der Waals surface area contributed by atoms with Crippen molar-refractivity contribution in [3.63, 3.8) is 0 Å². The molecule has 2 aromatic heterocycles. The molecule has 12 rings (SSSR count). The standard InChI is InChI=1S/C56H37N3O/c1-56(2)48-21-11-10-19-44(48)45-29-27-39(33-49(45)56)55-58-53(35-13-4-3-5-14-35)57-54(59-55)36-25-23-34(24-26-36)41-20-12-22-51-52(41)47-32-38(28-30-50(47)60-51)46-31-37-15-6-7-16-40(37)42-17-8-9-18-43(42)46/h3-33H,1-2H3. The molecule has 0 amide bonds. The lowest BCUT2D eigenvalue weighted by Gasteiger charge is -2.21. The minimum atomic E-state index is -0.133. The molecule has 0 bridgehead atoms. The molecule has 1 aliphatic rings. The zero-order chi connectivity index (χ0) is 40.0. The van der Waals surface area contributed by atoms with E-state index in [9.17, 15) is 0 Å². The third-order valence-electron chi connectivity index (χ3n) is 12.5. The second-order valence-electron chi connectivity index (χ2n) is 16.4. The normalized spacial score (nSPS) is 13.0. The highest BCUT2D eigenvalue weighted by Gasteiger charge is 2.35. The van der Waals surface area contributed by atoms with Crippen LogP contribution in [0.4, 0.5) is 0 Å². The summed E-state index contributed by atoms with van der Waals surface area (Å²) in [5.74, 6) is 1.93. The molecular weight excluding hydrogens is 731 g/mol. The van der Waals surface area contributed by atoms with Gasteiger partial charge in [0.1, 0.15) is 11.2 Å². The van der Waals surface area contributed by atoms with Gasteiger partial charge in [0.05, 0.1) is 0 Å². The van der Waals surface area contributed by atoms with Crippen LogP contribution in [-0.4, -0.2) is 15.0 Å². The zero-order valence-corrected chi connectivity index (χ0v) is 33.1. The Morgan fingerprint density at radius 2 is 0.950 bits per heavy atom. The first-order valence-electron chi connectivity index (χ1n) is 20.5. The maximum atomic E-state index is 6.50. The summed E-state index contributed by atoms with van der Waals surface area (Å²) in [4.78, 5) is 15.3. The summed E-state index contributed by atoms with van der Waals surface area (Å²) in [6, 6.07) is 66.7. The van der Waals surface area contributed by atoms with E-state index >= 15 is 0 Å². The maximum Gasteiger partial charge on any atom is 0.164 e. The fourth-order valence-electron chi connectivity index (χ4n) is 9.52. The van der Waals surface area contributed by atoms with Gasteiger partial charge in [-0.2, -0.15) is 0 Å². The van der Waals surface area contributed by atoms with Crippen LogP contribution in [0.3, 0.4) is 0 Å². The van der Waals surface area contributed by atoms with E-state index in [0.717, 1.165) is 55.3 Å². The SMILES string of the molecule is CC1(C)c2ccccc2-c2ccc(-c3nc(-c4ccccc4)nc(-c4ccc(-c5cccc6oc7ccc(-c8cc9ccccc9c9ccccc89)cc7c56)cc4)n3)cc21. The molecule has 0 atom stereocenters.